The van der Waals surface area contributed by atoms with E-state index in [4.69, 9.17) is 4.74 Å². The zero-order chi connectivity index (χ0) is 15.4. The largest absolute Gasteiger partial charge is 0.475 e. The van der Waals surface area contributed by atoms with Crippen molar-refractivity contribution in [1.82, 2.24) is 20.2 Å². The summed E-state index contributed by atoms with van der Waals surface area (Å²) in [4.78, 5) is 24.3. The molecule has 21 heavy (non-hydrogen) atoms. The van der Waals surface area contributed by atoms with Gasteiger partial charge in [-0.05, 0) is 13.8 Å². The molecule has 116 valence electrons. The lowest BCUT2D eigenvalue weighted by Gasteiger charge is -2.37. The van der Waals surface area contributed by atoms with Crippen LogP contribution in [0.5, 0.6) is 5.88 Å². The summed E-state index contributed by atoms with van der Waals surface area (Å²) in [5.41, 5.74) is 0. The van der Waals surface area contributed by atoms with E-state index in [0.717, 1.165) is 18.9 Å². The van der Waals surface area contributed by atoms with E-state index in [9.17, 15) is 4.79 Å². The molecular weight excluding hydrogens is 270 g/mol. The second-order valence-electron chi connectivity index (χ2n) is 5.53. The number of hydrogen-bond donors (Lipinski definition) is 1. The molecule has 2 heterocycles. The number of hydrogen-bond acceptors (Lipinski definition) is 6. The van der Waals surface area contributed by atoms with Gasteiger partial charge in [-0.25, -0.2) is 9.97 Å². The first-order valence-corrected chi connectivity index (χ1v) is 7.16. The Morgan fingerprint density at radius 2 is 2.24 bits per heavy atom. The minimum absolute atomic E-state index is 0.0509. The summed E-state index contributed by atoms with van der Waals surface area (Å²) in [6.45, 7) is 6.06. The van der Waals surface area contributed by atoms with Crippen LogP contribution in [0.15, 0.2) is 12.4 Å². The Kier molecular flexibility index (Phi) is 4.95. The summed E-state index contributed by atoms with van der Waals surface area (Å²) in [6.07, 6.45) is 1.53. The Morgan fingerprint density at radius 3 is 2.90 bits per heavy atom. The Morgan fingerprint density at radius 1 is 1.48 bits per heavy atom. The van der Waals surface area contributed by atoms with Crippen LogP contribution >= 0.6 is 0 Å². The fourth-order valence-corrected chi connectivity index (χ4v) is 2.29. The topological polar surface area (TPSA) is 70.6 Å². The maximum atomic E-state index is 12.3. The van der Waals surface area contributed by atoms with E-state index in [1.54, 1.807) is 25.1 Å². The highest BCUT2D eigenvalue weighted by atomic mass is 16.5. The Hall–Kier alpha value is -1.89. The van der Waals surface area contributed by atoms with Crippen molar-refractivity contribution in [2.45, 2.75) is 26.0 Å². The molecule has 0 aromatic carbocycles. The maximum Gasteiger partial charge on any atom is 0.246 e. The predicted octanol–water partition coefficient (Wildman–Crippen LogP) is 0.130. The van der Waals surface area contributed by atoms with Crippen LogP contribution in [0.1, 0.15) is 13.8 Å². The molecule has 1 aromatic heterocycles. The number of carbonyl (C=O) groups excluding carboxylic acids is 1. The number of carbonyl (C=O) groups is 1. The van der Waals surface area contributed by atoms with Gasteiger partial charge in [-0.15, -0.1) is 0 Å². The molecule has 1 saturated heterocycles. The summed E-state index contributed by atoms with van der Waals surface area (Å²) in [5.74, 6) is 1.32. The monoisotopic (exact) mass is 293 g/mol. The van der Waals surface area contributed by atoms with Crippen molar-refractivity contribution in [3.8, 4) is 5.88 Å². The summed E-state index contributed by atoms with van der Waals surface area (Å²) >= 11 is 0. The van der Waals surface area contributed by atoms with E-state index in [-0.39, 0.29) is 18.1 Å². The van der Waals surface area contributed by atoms with Gasteiger partial charge in [0.25, 0.3) is 0 Å². The van der Waals surface area contributed by atoms with Gasteiger partial charge in [0, 0.05) is 39.8 Å². The lowest BCUT2D eigenvalue weighted by atomic mass is 10.1. The first kappa shape index (κ1) is 15.5. The average Bonchev–Trinajstić information content (AvgIpc) is 2.46. The van der Waals surface area contributed by atoms with Gasteiger partial charge in [0.1, 0.15) is 18.2 Å². The smallest absolute Gasteiger partial charge is 0.246 e. The van der Waals surface area contributed by atoms with Gasteiger partial charge in [0.05, 0.1) is 6.10 Å². The van der Waals surface area contributed by atoms with Crippen LogP contribution < -0.4 is 15.0 Å². The summed E-state index contributed by atoms with van der Waals surface area (Å²) in [5, 5.41) is 3.25. The van der Waals surface area contributed by atoms with Crippen molar-refractivity contribution in [1.29, 1.82) is 0 Å². The number of rotatable bonds is 4. The second-order valence-corrected chi connectivity index (χ2v) is 5.53. The second kappa shape index (κ2) is 6.71. The zero-order valence-electron chi connectivity index (χ0n) is 13.0. The number of piperazine rings is 1. The van der Waals surface area contributed by atoms with Gasteiger partial charge in [0.2, 0.25) is 11.8 Å². The van der Waals surface area contributed by atoms with Crippen LogP contribution in [0.3, 0.4) is 0 Å². The lowest BCUT2D eigenvalue weighted by Crippen LogP contribution is -2.58. The summed E-state index contributed by atoms with van der Waals surface area (Å²) in [6, 6.07) is 1.54. The van der Waals surface area contributed by atoms with Crippen LogP contribution in [-0.4, -0.2) is 66.7 Å². The summed E-state index contributed by atoms with van der Waals surface area (Å²) < 4.78 is 5.60. The van der Waals surface area contributed by atoms with Crippen molar-refractivity contribution in [2.75, 3.05) is 38.6 Å². The maximum absolute atomic E-state index is 12.3. The predicted molar refractivity (Wildman–Crippen MR) is 80.5 cm³/mol. The van der Waals surface area contributed by atoms with Crippen LogP contribution in [0, 0.1) is 0 Å². The van der Waals surface area contributed by atoms with Crippen LogP contribution in [0.4, 0.5) is 5.82 Å². The van der Waals surface area contributed by atoms with Crippen LogP contribution in [0.2, 0.25) is 0 Å². The van der Waals surface area contributed by atoms with E-state index in [0.29, 0.717) is 12.4 Å². The molecular formula is C14H23N5O2. The normalized spacial score (nSPS) is 18.7. The molecule has 7 nitrogen and oxygen atoms in total. The molecule has 2 rings (SSSR count). The lowest BCUT2D eigenvalue weighted by molar-refractivity contribution is -0.130. The Balaban J connectivity index is 2.23. The molecule has 0 spiro atoms. The number of nitrogens with one attached hydrogen (secondary N) is 1. The third kappa shape index (κ3) is 3.81. The number of anilines is 1. The number of aromatic nitrogens is 2. The first-order valence-electron chi connectivity index (χ1n) is 7.16. The number of ether oxygens (including phenoxy) is 1. The third-order valence-corrected chi connectivity index (χ3v) is 3.25. The third-order valence-electron chi connectivity index (χ3n) is 3.25. The van der Waals surface area contributed by atoms with Gasteiger partial charge in [-0.3, -0.25) is 4.79 Å². The Bertz CT molecular complexity index is 492. The Labute approximate surface area is 125 Å². The highest BCUT2D eigenvalue weighted by Crippen LogP contribution is 2.20. The highest BCUT2D eigenvalue weighted by Gasteiger charge is 2.30. The van der Waals surface area contributed by atoms with E-state index >= 15 is 0 Å². The highest BCUT2D eigenvalue weighted by molar-refractivity contribution is 5.85. The molecule has 1 aliphatic heterocycles. The van der Waals surface area contributed by atoms with Crippen molar-refractivity contribution >= 4 is 11.7 Å². The van der Waals surface area contributed by atoms with Crippen molar-refractivity contribution < 1.29 is 9.53 Å². The molecule has 1 aromatic rings. The molecule has 1 fully saturated rings. The zero-order valence-corrected chi connectivity index (χ0v) is 13.0. The quantitative estimate of drug-likeness (QED) is 0.851. The molecule has 1 unspecified atom stereocenters. The fourth-order valence-electron chi connectivity index (χ4n) is 2.29. The molecule has 0 saturated carbocycles. The van der Waals surface area contributed by atoms with Gasteiger partial charge in [-0.2, -0.15) is 0 Å². The van der Waals surface area contributed by atoms with Crippen LogP contribution in [-0.2, 0) is 4.79 Å². The van der Waals surface area contributed by atoms with Gasteiger partial charge in [-0.1, -0.05) is 0 Å². The van der Waals surface area contributed by atoms with Gasteiger partial charge >= 0.3 is 0 Å². The van der Waals surface area contributed by atoms with E-state index in [1.165, 1.54) is 6.33 Å². The fraction of sp³-hybridized carbons (Fsp3) is 0.643. The summed E-state index contributed by atoms with van der Waals surface area (Å²) in [7, 11) is 3.53. The molecule has 7 heteroatoms. The van der Waals surface area contributed by atoms with Crippen molar-refractivity contribution in [2.24, 2.45) is 0 Å². The average molecular weight is 293 g/mol. The van der Waals surface area contributed by atoms with Crippen LogP contribution in [0.25, 0.3) is 0 Å². The number of likely N-dealkylation sites (N-methyl/N-ethyl adjacent to an activating group) is 1. The molecule has 1 amide bonds. The molecule has 1 N–H and O–H groups in total. The van der Waals surface area contributed by atoms with Crippen molar-refractivity contribution in [3.05, 3.63) is 12.4 Å². The van der Waals surface area contributed by atoms with E-state index in [1.807, 2.05) is 18.7 Å². The molecule has 1 aliphatic rings. The van der Waals surface area contributed by atoms with Gasteiger partial charge in [0.15, 0.2) is 0 Å². The molecule has 0 aliphatic carbocycles. The SMILES string of the molecule is CC(C)Oc1cc(N2CCNCC2C(=O)N(C)C)ncn1. The van der Waals surface area contributed by atoms with Gasteiger partial charge < -0.3 is 19.9 Å². The molecule has 1 atom stereocenters. The standard InChI is InChI=1S/C14H23N5O2/c1-10(2)21-13-7-12(16-9-17-13)19-6-5-15-8-11(19)14(20)18(3)4/h7,9-11,15H,5-6,8H2,1-4H3. The number of amides is 1. The molecule has 0 bridgehead atoms. The van der Waals surface area contributed by atoms with Crippen molar-refractivity contribution in [3.63, 3.8) is 0 Å². The minimum atomic E-state index is -0.254. The number of nitrogens with zero attached hydrogens (tertiary/aromatic N) is 4. The minimum Gasteiger partial charge on any atom is -0.475 e. The van der Waals surface area contributed by atoms with E-state index < -0.39 is 0 Å². The van der Waals surface area contributed by atoms with E-state index in [2.05, 4.69) is 15.3 Å². The first-order chi connectivity index (χ1) is 9.99. The molecule has 0 radical (unpaired) electrons.